The summed E-state index contributed by atoms with van der Waals surface area (Å²) in [5.74, 6) is 0. The van der Waals surface area contributed by atoms with Gasteiger partial charge in [0.2, 0.25) is 0 Å². The summed E-state index contributed by atoms with van der Waals surface area (Å²) < 4.78 is 8.81. The van der Waals surface area contributed by atoms with Crippen molar-refractivity contribution in [3.8, 4) is 0 Å². The van der Waals surface area contributed by atoms with E-state index in [9.17, 15) is 0 Å². The molecule has 6 aromatic heterocycles. The first-order valence-electron chi connectivity index (χ1n) is 8.58. The van der Waals surface area contributed by atoms with Gasteiger partial charge in [0.05, 0.1) is 18.7 Å². The number of thiophene rings is 1. The molecule has 10 heteroatoms. The molecule has 0 aromatic carbocycles. The number of hydrogen-bond donors (Lipinski definition) is 3. The van der Waals surface area contributed by atoms with Crippen molar-refractivity contribution in [2.75, 3.05) is 0 Å². The number of imidazole rings is 1. The summed E-state index contributed by atoms with van der Waals surface area (Å²) in [5.41, 5.74) is 0. The van der Waals surface area contributed by atoms with Crippen molar-refractivity contribution >= 4 is 11.3 Å². The van der Waals surface area contributed by atoms with Crippen molar-refractivity contribution in [1.82, 2.24) is 35.3 Å². The third-order valence-corrected chi connectivity index (χ3v) is 3.06. The number of nitrogens with zero attached hydrogens (tertiary/aromatic N) is 4. The third-order valence-electron chi connectivity index (χ3n) is 2.43. The number of nitrogens with one attached hydrogen (secondary N) is 3. The highest BCUT2D eigenvalue weighted by molar-refractivity contribution is 7.07. The van der Waals surface area contributed by atoms with Gasteiger partial charge in [0.15, 0.2) is 6.39 Å². The van der Waals surface area contributed by atoms with Crippen LogP contribution < -0.4 is 0 Å². The smallest absolute Gasteiger partial charge is 0.180 e. The summed E-state index contributed by atoms with van der Waals surface area (Å²) in [6.07, 6.45) is 19.9. The van der Waals surface area contributed by atoms with E-state index in [0.29, 0.717) is 0 Å². The van der Waals surface area contributed by atoms with Gasteiger partial charge in [-0.25, -0.2) is 9.97 Å². The predicted octanol–water partition coefficient (Wildman–Crippen LogP) is 4.93. The van der Waals surface area contributed by atoms with Gasteiger partial charge in [-0.15, -0.1) is 0 Å². The van der Waals surface area contributed by atoms with Crippen LogP contribution in [0.3, 0.4) is 0 Å². The molecule has 3 N–H and O–H groups in total. The molecule has 0 saturated heterocycles. The largest absolute Gasteiger partial charge is 0.452 e. The first-order valence-corrected chi connectivity index (χ1v) is 9.52. The lowest BCUT2D eigenvalue weighted by molar-refractivity contribution is 0.420. The van der Waals surface area contributed by atoms with Gasteiger partial charge in [0.25, 0.3) is 0 Å². The van der Waals surface area contributed by atoms with Crippen LogP contribution in [0.5, 0.6) is 0 Å². The van der Waals surface area contributed by atoms with E-state index in [4.69, 9.17) is 0 Å². The average molecular weight is 426 g/mol. The molecule has 0 aliphatic heterocycles. The van der Waals surface area contributed by atoms with Gasteiger partial charge in [-0.1, -0.05) is 17.3 Å². The zero-order chi connectivity index (χ0) is 21.2. The maximum atomic E-state index is 4.47. The molecule has 6 aromatic rings. The molecule has 0 aliphatic carbocycles. The molecule has 6 heterocycles. The van der Waals surface area contributed by atoms with Gasteiger partial charge in [0, 0.05) is 37.2 Å². The monoisotopic (exact) mass is 425 g/mol. The van der Waals surface area contributed by atoms with Crippen molar-refractivity contribution < 1.29 is 8.94 Å². The van der Waals surface area contributed by atoms with Gasteiger partial charge in [-0.3, -0.25) is 5.10 Å². The zero-order valence-corrected chi connectivity index (χ0v) is 16.9. The molecule has 156 valence electrons. The molecular formula is C20H23N7O2S. The highest BCUT2D eigenvalue weighted by atomic mass is 32.1. The van der Waals surface area contributed by atoms with Gasteiger partial charge in [-0.05, 0) is 35.0 Å². The SMILES string of the molecule is c1c[nH]cn1.c1cc[nH]c1.c1ccsc1.c1cn[nH]c1.c1cnoc1.c1cocn1. The standard InChI is InChI=1S/C4H5N.C4H4S.2C3H4N2.2C3H3NO/c2*1-2-4-5-3-1;1-2-5-3-4-1;1-2-4-5-3-1;1-2-5-3-4-1;1-2-4-5-3-1/h1-5H;1-4H;2*1-3H,(H,4,5);2*1-3H. The quantitative estimate of drug-likeness (QED) is 0.317. The van der Waals surface area contributed by atoms with Crippen LogP contribution in [0.25, 0.3) is 0 Å². The first-order chi connectivity index (χ1) is 15.0. The Morgan fingerprint density at radius 1 is 0.667 bits per heavy atom. The minimum absolute atomic E-state index is 1.38. The average Bonchev–Trinajstić information content (AvgIpc) is 3.69. The van der Waals surface area contributed by atoms with E-state index >= 15 is 0 Å². The summed E-state index contributed by atoms with van der Waals surface area (Å²) in [7, 11) is 0. The minimum Gasteiger partial charge on any atom is -0.452 e. The van der Waals surface area contributed by atoms with Crippen molar-refractivity contribution in [1.29, 1.82) is 0 Å². The molecule has 30 heavy (non-hydrogen) atoms. The van der Waals surface area contributed by atoms with Crippen LogP contribution >= 0.6 is 11.3 Å². The van der Waals surface area contributed by atoms with Gasteiger partial charge in [0.1, 0.15) is 12.5 Å². The fourth-order valence-electron chi connectivity index (χ4n) is 1.29. The molecular weight excluding hydrogens is 402 g/mol. The zero-order valence-electron chi connectivity index (χ0n) is 16.1. The lowest BCUT2D eigenvalue weighted by Crippen LogP contribution is -1.53. The summed E-state index contributed by atoms with van der Waals surface area (Å²) in [4.78, 5) is 12.8. The van der Waals surface area contributed by atoms with Crippen LogP contribution in [-0.4, -0.2) is 35.3 Å². The van der Waals surface area contributed by atoms with E-state index < -0.39 is 0 Å². The van der Waals surface area contributed by atoms with Crippen LogP contribution in [0.2, 0.25) is 0 Å². The maximum Gasteiger partial charge on any atom is 0.180 e. The second-order valence-electron chi connectivity index (χ2n) is 4.57. The molecule has 0 fully saturated rings. The summed E-state index contributed by atoms with van der Waals surface area (Å²) in [5, 5.41) is 13.6. The lowest BCUT2D eigenvalue weighted by atomic mass is 10.7. The van der Waals surface area contributed by atoms with E-state index in [1.54, 1.807) is 60.9 Å². The number of H-pyrrole nitrogens is 3. The molecule has 0 bridgehead atoms. The van der Waals surface area contributed by atoms with E-state index in [0.717, 1.165) is 0 Å². The van der Waals surface area contributed by atoms with Gasteiger partial charge < -0.3 is 18.9 Å². The molecule has 0 amide bonds. The van der Waals surface area contributed by atoms with Gasteiger partial charge in [-0.2, -0.15) is 16.4 Å². The van der Waals surface area contributed by atoms with E-state index in [1.807, 2.05) is 53.5 Å². The highest BCUT2D eigenvalue weighted by Crippen LogP contribution is 1.91. The molecule has 0 spiro atoms. The second-order valence-corrected chi connectivity index (χ2v) is 5.39. The minimum atomic E-state index is 1.38. The Bertz CT molecular complexity index is 582. The van der Waals surface area contributed by atoms with Crippen molar-refractivity contribution in [2.45, 2.75) is 0 Å². The van der Waals surface area contributed by atoms with E-state index in [2.05, 4.69) is 44.2 Å². The molecule has 0 unspecified atom stereocenters. The number of aromatic nitrogens is 7. The van der Waals surface area contributed by atoms with Crippen LogP contribution in [0.4, 0.5) is 0 Å². The molecule has 9 nitrogen and oxygen atoms in total. The molecule has 0 saturated carbocycles. The Kier molecular flexibility index (Phi) is 16.8. The highest BCUT2D eigenvalue weighted by Gasteiger charge is 1.61. The predicted molar refractivity (Wildman–Crippen MR) is 115 cm³/mol. The van der Waals surface area contributed by atoms with Crippen LogP contribution in [0, 0.1) is 0 Å². The van der Waals surface area contributed by atoms with Crippen molar-refractivity contribution in [3.05, 3.63) is 122 Å². The van der Waals surface area contributed by atoms with Crippen LogP contribution in [-0.2, 0) is 0 Å². The number of hydrogen-bond acceptors (Lipinski definition) is 7. The summed E-state index contributed by atoms with van der Waals surface area (Å²) in [6.45, 7) is 0. The Morgan fingerprint density at radius 3 is 1.73 bits per heavy atom. The Balaban J connectivity index is 0.000000180. The van der Waals surface area contributed by atoms with E-state index in [-0.39, 0.29) is 0 Å². The van der Waals surface area contributed by atoms with Crippen LogP contribution in [0.1, 0.15) is 0 Å². The summed E-state index contributed by atoms with van der Waals surface area (Å²) >= 11 is 1.71. The van der Waals surface area contributed by atoms with E-state index in [1.165, 1.54) is 18.9 Å². The topological polar surface area (TPSA) is 125 Å². The Hall–Kier alpha value is -4.18. The second kappa shape index (κ2) is 21.1. The Morgan fingerprint density at radius 2 is 1.53 bits per heavy atom. The number of oxazole rings is 1. The third kappa shape index (κ3) is 18.6. The van der Waals surface area contributed by atoms with Crippen LogP contribution in [0.15, 0.2) is 131 Å². The number of aromatic amines is 3. The first kappa shape index (κ1) is 23.9. The van der Waals surface area contributed by atoms with Gasteiger partial charge >= 0.3 is 0 Å². The fourth-order valence-corrected chi connectivity index (χ4v) is 1.74. The molecule has 6 rings (SSSR count). The number of rotatable bonds is 0. The summed E-state index contributed by atoms with van der Waals surface area (Å²) in [6, 6.07) is 11.5. The lowest BCUT2D eigenvalue weighted by Gasteiger charge is -1.49. The molecule has 0 radical (unpaired) electrons. The maximum absolute atomic E-state index is 4.47. The Labute approximate surface area is 177 Å². The van der Waals surface area contributed by atoms with Crippen molar-refractivity contribution in [3.63, 3.8) is 0 Å². The van der Waals surface area contributed by atoms with Crippen molar-refractivity contribution in [2.24, 2.45) is 0 Å². The normalized spacial score (nSPS) is 8.00. The fraction of sp³-hybridized carbons (Fsp3) is 0. The molecule has 0 aliphatic rings. The molecule has 0 atom stereocenters.